The first-order chi connectivity index (χ1) is 10.4. The van der Waals surface area contributed by atoms with E-state index in [0.717, 1.165) is 34.2 Å². The van der Waals surface area contributed by atoms with Gasteiger partial charge in [0.15, 0.2) is 0 Å². The second-order valence-corrected chi connectivity index (χ2v) is 5.02. The van der Waals surface area contributed by atoms with Crippen LogP contribution in [0.5, 0.6) is 0 Å². The van der Waals surface area contributed by atoms with Crippen LogP contribution in [0, 0.1) is 0 Å². The molecule has 102 valence electrons. The smallest absolute Gasteiger partial charge is 0.135 e. The highest BCUT2D eigenvalue weighted by Gasteiger charge is 2.06. The maximum atomic E-state index is 5.83. The standard InChI is InChI=1S/C18H14N2O/c1-2-4-17-15(3-1)16-11-14(5-6-18(16)21-17)20-12-13-7-9-19-10-8-13/h1-11,20H,12H2. The van der Waals surface area contributed by atoms with E-state index in [2.05, 4.69) is 22.4 Å². The van der Waals surface area contributed by atoms with Crippen molar-refractivity contribution >= 4 is 27.6 Å². The van der Waals surface area contributed by atoms with Crippen molar-refractivity contribution in [1.29, 1.82) is 0 Å². The maximum absolute atomic E-state index is 5.83. The van der Waals surface area contributed by atoms with Crippen LogP contribution in [0.15, 0.2) is 71.4 Å². The van der Waals surface area contributed by atoms with Crippen LogP contribution >= 0.6 is 0 Å². The summed E-state index contributed by atoms with van der Waals surface area (Å²) in [4.78, 5) is 4.03. The number of furan rings is 1. The van der Waals surface area contributed by atoms with Crippen molar-refractivity contribution in [3.8, 4) is 0 Å². The van der Waals surface area contributed by atoms with Gasteiger partial charge < -0.3 is 9.73 Å². The van der Waals surface area contributed by atoms with Crippen LogP contribution < -0.4 is 5.32 Å². The minimum absolute atomic E-state index is 0.782. The van der Waals surface area contributed by atoms with E-state index in [4.69, 9.17) is 4.42 Å². The molecule has 0 saturated heterocycles. The lowest BCUT2D eigenvalue weighted by Gasteiger charge is -2.06. The number of rotatable bonds is 3. The van der Waals surface area contributed by atoms with Gasteiger partial charge >= 0.3 is 0 Å². The molecule has 0 aliphatic rings. The highest BCUT2D eigenvalue weighted by atomic mass is 16.3. The van der Waals surface area contributed by atoms with Crippen LogP contribution in [0.3, 0.4) is 0 Å². The van der Waals surface area contributed by atoms with Crippen LogP contribution in [0.1, 0.15) is 5.56 Å². The molecule has 3 nitrogen and oxygen atoms in total. The summed E-state index contributed by atoms with van der Waals surface area (Å²) in [6, 6.07) is 18.4. The van der Waals surface area contributed by atoms with Crippen molar-refractivity contribution in [2.24, 2.45) is 0 Å². The van der Waals surface area contributed by atoms with Gasteiger partial charge in [-0.05, 0) is 42.0 Å². The largest absolute Gasteiger partial charge is 0.456 e. The van der Waals surface area contributed by atoms with Crippen LogP contribution in [0.2, 0.25) is 0 Å². The number of fused-ring (bicyclic) bond motifs is 3. The Morgan fingerprint density at radius 3 is 2.57 bits per heavy atom. The van der Waals surface area contributed by atoms with Crippen LogP contribution in [0.4, 0.5) is 5.69 Å². The van der Waals surface area contributed by atoms with Gasteiger partial charge in [0.2, 0.25) is 0 Å². The van der Waals surface area contributed by atoms with Gasteiger partial charge in [0.05, 0.1) is 0 Å². The van der Waals surface area contributed by atoms with Crippen LogP contribution in [-0.2, 0) is 6.54 Å². The fourth-order valence-electron chi connectivity index (χ4n) is 2.54. The topological polar surface area (TPSA) is 38.1 Å². The molecule has 0 spiro atoms. The van der Waals surface area contributed by atoms with Crippen LogP contribution in [-0.4, -0.2) is 4.98 Å². The zero-order valence-electron chi connectivity index (χ0n) is 11.4. The summed E-state index contributed by atoms with van der Waals surface area (Å²) in [5.74, 6) is 0. The molecule has 0 bridgehead atoms. The number of hydrogen-bond acceptors (Lipinski definition) is 3. The van der Waals surface area contributed by atoms with Crippen LogP contribution in [0.25, 0.3) is 21.9 Å². The summed E-state index contributed by atoms with van der Waals surface area (Å²) in [5.41, 5.74) is 4.15. The predicted molar refractivity (Wildman–Crippen MR) is 85.3 cm³/mol. The summed E-state index contributed by atoms with van der Waals surface area (Å²) >= 11 is 0. The average molecular weight is 274 g/mol. The molecule has 0 fully saturated rings. The van der Waals surface area contributed by atoms with Gasteiger partial charge in [-0.25, -0.2) is 0 Å². The molecule has 0 aliphatic heterocycles. The molecule has 4 aromatic rings. The van der Waals surface area contributed by atoms with E-state index in [9.17, 15) is 0 Å². The Bertz CT molecular complexity index is 897. The molecule has 1 N–H and O–H groups in total. The van der Waals surface area contributed by atoms with E-state index in [1.54, 1.807) is 0 Å². The lowest BCUT2D eigenvalue weighted by Crippen LogP contribution is -1.98. The van der Waals surface area contributed by atoms with Gasteiger partial charge in [0.1, 0.15) is 11.2 Å². The van der Waals surface area contributed by atoms with E-state index in [0.29, 0.717) is 0 Å². The summed E-state index contributed by atoms with van der Waals surface area (Å²) in [7, 11) is 0. The Balaban J connectivity index is 1.68. The third kappa shape index (κ3) is 2.23. The van der Waals surface area contributed by atoms with Crippen molar-refractivity contribution in [3.05, 3.63) is 72.6 Å². The molecule has 0 aliphatic carbocycles. The summed E-state index contributed by atoms with van der Waals surface area (Å²) in [5, 5.41) is 5.73. The molecule has 0 unspecified atom stereocenters. The zero-order valence-corrected chi connectivity index (χ0v) is 11.4. The number of nitrogens with one attached hydrogen (secondary N) is 1. The number of benzene rings is 2. The normalized spacial score (nSPS) is 11.0. The molecule has 2 aromatic heterocycles. The lowest BCUT2D eigenvalue weighted by molar-refractivity contribution is 0.669. The molecule has 3 heteroatoms. The first-order valence-electron chi connectivity index (χ1n) is 6.94. The second kappa shape index (κ2) is 4.94. The quantitative estimate of drug-likeness (QED) is 0.593. The second-order valence-electron chi connectivity index (χ2n) is 5.02. The highest BCUT2D eigenvalue weighted by Crippen LogP contribution is 2.30. The van der Waals surface area contributed by atoms with E-state index in [1.165, 1.54) is 5.56 Å². The van der Waals surface area contributed by atoms with E-state index in [-0.39, 0.29) is 0 Å². The number of aromatic nitrogens is 1. The molecule has 2 heterocycles. The zero-order chi connectivity index (χ0) is 14.1. The molecule has 0 saturated carbocycles. The minimum Gasteiger partial charge on any atom is -0.456 e. The molecule has 21 heavy (non-hydrogen) atoms. The van der Waals surface area contributed by atoms with Gasteiger partial charge in [0.25, 0.3) is 0 Å². The molecular weight excluding hydrogens is 260 g/mol. The number of hydrogen-bond donors (Lipinski definition) is 1. The molecule has 0 radical (unpaired) electrons. The SMILES string of the molecule is c1ccc2c(c1)oc1ccc(NCc3ccncc3)cc12. The molecule has 0 amide bonds. The van der Waals surface area contributed by atoms with Gasteiger partial charge in [0, 0.05) is 35.4 Å². The third-order valence-corrected chi connectivity index (χ3v) is 3.62. The van der Waals surface area contributed by atoms with Crippen molar-refractivity contribution < 1.29 is 4.42 Å². The van der Waals surface area contributed by atoms with E-state index in [1.807, 2.05) is 54.9 Å². The fraction of sp³-hybridized carbons (Fsp3) is 0.0556. The van der Waals surface area contributed by atoms with Gasteiger partial charge in [-0.15, -0.1) is 0 Å². The first-order valence-corrected chi connectivity index (χ1v) is 6.94. The maximum Gasteiger partial charge on any atom is 0.135 e. The van der Waals surface area contributed by atoms with Crippen molar-refractivity contribution in [3.63, 3.8) is 0 Å². The van der Waals surface area contributed by atoms with Gasteiger partial charge in [-0.3, -0.25) is 4.98 Å². The van der Waals surface area contributed by atoms with Gasteiger partial charge in [-0.2, -0.15) is 0 Å². The van der Waals surface area contributed by atoms with E-state index >= 15 is 0 Å². The monoisotopic (exact) mass is 274 g/mol. The fourth-order valence-corrected chi connectivity index (χ4v) is 2.54. The predicted octanol–water partition coefficient (Wildman–Crippen LogP) is 4.59. The summed E-state index contributed by atoms with van der Waals surface area (Å²) in [6.07, 6.45) is 3.62. The Kier molecular flexibility index (Phi) is 2.82. The minimum atomic E-state index is 0.782. The highest BCUT2D eigenvalue weighted by molar-refractivity contribution is 6.05. The van der Waals surface area contributed by atoms with Crippen molar-refractivity contribution in [2.45, 2.75) is 6.54 Å². The van der Waals surface area contributed by atoms with E-state index < -0.39 is 0 Å². The molecular formula is C18H14N2O. The Morgan fingerprint density at radius 1 is 0.857 bits per heavy atom. The summed E-state index contributed by atoms with van der Waals surface area (Å²) in [6.45, 7) is 0.782. The Morgan fingerprint density at radius 2 is 1.67 bits per heavy atom. The average Bonchev–Trinajstić information content (AvgIpc) is 2.92. The number of pyridine rings is 1. The number of nitrogens with zero attached hydrogens (tertiary/aromatic N) is 1. The Hall–Kier alpha value is -2.81. The number of para-hydroxylation sites is 1. The number of anilines is 1. The van der Waals surface area contributed by atoms with Gasteiger partial charge in [-0.1, -0.05) is 18.2 Å². The Labute approximate surface area is 122 Å². The first kappa shape index (κ1) is 12.0. The molecule has 4 rings (SSSR count). The molecule has 0 atom stereocenters. The molecule has 2 aromatic carbocycles. The lowest BCUT2D eigenvalue weighted by atomic mass is 10.1. The third-order valence-electron chi connectivity index (χ3n) is 3.62. The summed E-state index contributed by atoms with van der Waals surface area (Å²) < 4.78 is 5.83. The van der Waals surface area contributed by atoms with Crippen molar-refractivity contribution in [1.82, 2.24) is 4.98 Å². The van der Waals surface area contributed by atoms with Crippen molar-refractivity contribution in [2.75, 3.05) is 5.32 Å².